The molecule has 0 aromatic rings. The first-order valence-corrected chi connectivity index (χ1v) is 23.2. The third-order valence-electron chi connectivity index (χ3n) is 16.2. The van der Waals surface area contributed by atoms with Crippen LogP contribution in [0.15, 0.2) is 0 Å². The van der Waals surface area contributed by atoms with E-state index >= 15 is 0 Å². The van der Waals surface area contributed by atoms with E-state index in [2.05, 4.69) is 104 Å². The van der Waals surface area contributed by atoms with E-state index < -0.39 is 49.6 Å². The predicted octanol–water partition coefficient (Wildman–Crippen LogP) is 8.62. The van der Waals surface area contributed by atoms with Crippen molar-refractivity contribution in [2.75, 3.05) is 0 Å². The second kappa shape index (κ2) is 20.0. The fourth-order valence-corrected chi connectivity index (χ4v) is 10.5. The first-order valence-electron chi connectivity index (χ1n) is 23.2. The highest BCUT2D eigenvalue weighted by Crippen LogP contribution is 2.45. The lowest BCUT2D eigenvalue weighted by Crippen LogP contribution is -2.60. The zero-order valence-corrected chi connectivity index (χ0v) is 39.0. The SMILES string of the molecule is CCC1O[C@@H](O[C@@H]2C(C(C)=O)O[C@@H](O[C@@H]3C(CC)O[C@H](O[C@@H]4C(C(C)=O)O[C@@H](O[C@H]5C(CC)OC(C)C(C)[C@H]5C)C(C)[C@@H]4C)C(C)[C@H]3C)C(C)[C@H]2C)C(C)[C@@H](C)[C@@H]1C. The van der Waals surface area contributed by atoms with Crippen molar-refractivity contribution in [3.8, 4) is 0 Å². The number of hydrogen-bond donors (Lipinski definition) is 0. The monoisotopic (exact) mass is 823 g/mol. The summed E-state index contributed by atoms with van der Waals surface area (Å²) in [5.41, 5.74) is 0. The molecule has 0 amide bonds. The average Bonchev–Trinajstić information content (AvgIpc) is 3.19. The standard InChI is InChI=1S/C47H82O11/c1-18-35-23(6)21(4)28(11)44(51-35)55-40-26(9)31(14)47(58-42(40)32(15)48)54-39-25(8)29(12)45(52-37(39)20-3)56-41-27(10)30(13)46(57-43(41)33(16)49)53-38-24(7)22(5)34(17)50-36(38)19-2/h21-31,34-47H,18-20H2,1-17H3/t21-,22?,23-,24+,25+,26+,27-,28?,29?,30?,31?,34?,35?,36?,37?,38+,39-,40-,41-,42?,43?,44-,45+,46+,47+/m0/s1. The molecule has 0 aromatic heterocycles. The van der Waals surface area contributed by atoms with Crippen LogP contribution in [0.1, 0.15) is 137 Å². The third-order valence-corrected chi connectivity index (χ3v) is 16.2. The van der Waals surface area contributed by atoms with Crippen LogP contribution in [-0.2, 0) is 52.2 Å². The van der Waals surface area contributed by atoms with Crippen LogP contribution in [0, 0.1) is 65.1 Å². The quantitative estimate of drug-likeness (QED) is 0.178. The molecule has 0 radical (unpaired) electrons. The van der Waals surface area contributed by atoms with Gasteiger partial charge in [0, 0.05) is 23.7 Å². The van der Waals surface area contributed by atoms with Crippen LogP contribution < -0.4 is 0 Å². The van der Waals surface area contributed by atoms with Gasteiger partial charge in [0.15, 0.2) is 36.7 Å². The van der Waals surface area contributed by atoms with Crippen molar-refractivity contribution in [2.45, 2.75) is 223 Å². The summed E-state index contributed by atoms with van der Waals surface area (Å²) in [6.07, 6.45) is -2.84. The van der Waals surface area contributed by atoms with Crippen molar-refractivity contribution in [3.05, 3.63) is 0 Å². The number of carbonyl (C=O) groups is 2. The molecule has 0 N–H and O–H groups in total. The summed E-state index contributed by atoms with van der Waals surface area (Å²) in [6.45, 7) is 35.6. The molecule has 5 heterocycles. The Hall–Kier alpha value is -1.02. The van der Waals surface area contributed by atoms with Crippen molar-refractivity contribution in [1.29, 1.82) is 0 Å². The van der Waals surface area contributed by atoms with E-state index in [0.29, 0.717) is 24.2 Å². The molecule has 0 aliphatic carbocycles. The van der Waals surface area contributed by atoms with Gasteiger partial charge in [-0.2, -0.15) is 0 Å². The molecule has 5 aliphatic heterocycles. The predicted molar refractivity (Wildman–Crippen MR) is 222 cm³/mol. The molecule has 58 heavy (non-hydrogen) atoms. The highest BCUT2D eigenvalue weighted by Gasteiger charge is 2.53. The minimum atomic E-state index is -0.800. The Morgan fingerprint density at radius 3 is 1.07 bits per heavy atom. The van der Waals surface area contributed by atoms with Crippen molar-refractivity contribution in [1.82, 2.24) is 0 Å². The fraction of sp³-hybridized carbons (Fsp3) is 0.957. The van der Waals surface area contributed by atoms with Crippen LogP contribution >= 0.6 is 0 Å². The molecule has 11 nitrogen and oxygen atoms in total. The molecule has 5 saturated heterocycles. The molecule has 5 fully saturated rings. The third kappa shape index (κ3) is 9.63. The van der Waals surface area contributed by atoms with E-state index in [1.54, 1.807) is 13.8 Å². The molecule has 336 valence electrons. The maximum atomic E-state index is 13.3. The largest absolute Gasteiger partial charge is 0.372 e. The lowest BCUT2D eigenvalue weighted by Gasteiger charge is -2.52. The van der Waals surface area contributed by atoms with Gasteiger partial charge >= 0.3 is 0 Å². The Labute approximate surface area is 351 Å². The van der Waals surface area contributed by atoms with Crippen LogP contribution in [-0.4, -0.2) is 97.8 Å². The summed E-state index contributed by atoms with van der Waals surface area (Å²) in [7, 11) is 0. The molecule has 25 atom stereocenters. The highest BCUT2D eigenvalue weighted by molar-refractivity contribution is 5.81. The van der Waals surface area contributed by atoms with Crippen molar-refractivity contribution in [2.24, 2.45) is 65.1 Å². The van der Waals surface area contributed by atoms with Gasteiger partial charge in [0.05, 0.1) is 48.8 Å². The smallest absolute Gasteiger partial charge is 0.162 e. The lowest BCUT2D eigenvalue weighted by molar-refractivity contribution is -0.357. The zero-order valence-electron chi connectivity index (χ0n) is 39.0. The number of carbonyl (C=O) groups excluding carboxylic acids is 2. The normalized spacial score (nSPS) is 51.6. The van der Waals surface area contributed by atoms with Crippen LogP contribution in [0.5, 0.6) is 0 Å². The molecule has 0 bridgehead atoms. The summed E-state index contributed by atoms with van der Waals surface area (Å²) in [6, 6.07) is 0. The summed E-state index contributed by atoms with van der Waals surface area (Å²) in [5, 5.41) is 0. The summed E-state index contributed by atoms with van der Waals surface area (Å²) in [5.74, 6) is 1.19. The van der Waals surface area contributed by atoms with E-state index in [0.717, 1.165) is 12.8 Å². The highest BCUT2D eigenvalue weighted by atomic mass is 16.7. The van der Waals surface area contributed by atoms with Crippen LogP contribution in [0.3, 0.4) is 0 Å². The molecule has 11 unspecified atom stereocenters. The minimum absolute atomic E-state index is 0.0118. The number of ketones is 2. The molecule has 0 saturated carbocycles. The maximum Gasteiger partial charge on any atom is 0.162 e. The van der Waals surface area contributed by atoms with E-state index in [1.165, 1.54) is 0 Å². The minimum Gasteiger partial charge on any atom is -0.372 e. The van der Waals surface area contributed by atoms with Gasteiger partial charge in [-0.25, -0.2) is 0 Å². The summed E-state index contributed by atoms with van der Waals surface area (Å²) in [4.78, 5) is 26.5. The number of ether oxygens (including phenoxy) is 9. The van der Waals surface area contributed by atoms with E-state index in [-0.39, 0.29) is 95.5 Å². The first kappa shape index (κ1) is 48.0. The molecule has 11 heteroatoms. The van der Waals surface area contributed by atoms with Gasteiger partial charge < -0.3 is 42.6 Å². The van der Waals surface area contributed by atoms with Gasteiger partial charge in [-0.1, -0.05) is 96.9 Å². The Bertz CT molecular complexity index is 1340. The average molecular weight is 823 g/mol. The molecular formula is C47H82O11. The van der Waals surface area contributed by atoms with Crippen molar-refractivity contribution >= 4 is 11.6 Å². The molecule has 5 rings (SSSR count). The topological polar surface area (TPSA) is 117 Å². The summed E-state index contributed by atoms with van der Waals surface area (Å²) < 4.78 is 60.2. The molecule has 5 aliphatic rings. The van der Waals surface area contributed by atoms with E-state index in [9.17, 15) is 9.59 Å². The van der Waals surface area contributed by atoms with Crippen molar-refractivity contribution in [3.63, 3.8) is 0 Å². The van der Waals surface area contributed by atoms with E-state index in [1.807, 2.05) is 0 Å². The van der Waals surface area contributed by atoms with Crippen LogP contribution in [0.25, 0.3) is 0 Å². The Morgan fingerprint density at radius 1 is 0.362 bits per heavy atom. The van der Waals surface area contributed by atoms with E-state index in [4.69, 9.17) is 42.6 Å². The van der Waals surface area contributed by atoms with Gasteiger partial charge in [0.25, 0.3) is 0 Å². The first-order chi connectivity index (χ1) is 27.3. The van der Waals surface area contributed by atoms with Crippen molar-refractivity contribution < 1.29 is 52.2 Å². The maximum absolute atomic E-state index is 13.3. The molecule has 0 aromatic carbocycles. The number of rotatable bonds is 13. The van der Waals surface area contributed by atoms with Gasteiger partial charge in [-0.3, -0.25) is 9.59 Å². The van der Waals surface area contributed by atoms with Gasteiger partial charge in [0.1, 0.15) is 12.2 Å². The second-order valence-electron chi connectivity index (χ2n) is 19.6. The lowest BCUT2D eigenvalue weighted by atomic mass is 9.78. The second-order valence-corrected chi connectivity index (χ2v) is 19.6. The van der Waals surface area contributed by atoms with Crippen LogP contribution in [0.2, 0.25) is 0 Å². The number of Topliss-reactive ketones (excluding diaryl/α,β-unsaturated/α-hetero) is 2. The number of hydrogen-bond acceptors (Lipinski definition) is 11. The van der Waals surface area contributed by atoms with Crippen LogP contribution in [0.4, 0.5) is 0 Å². The summed E-state index contributed by atoms with van der Waals surface area (Å²) >= 11 is 0. The molecular weight excluding hydrogens is 741 g/mol. The Kier molecular flexibility index (Phi) is 16.6. The van der Waals surface area contributed by atoms with Gasteiger partial charge in [-0.05, 0) is 81.5 Å². The fourth-order valence-electron chi connectivity index (χ4n) is 10.5. The Morgan fingerprint density at radius 2 is 0.672 bits per heavy atom. The zero-order chi connectivity index (χ0) is 43.1. The van der Waals surface area contributed by atoms with Gasteiger partial charge in [0.2, 0.25) is 0 Å². The van der Waals surface area contributed by atoms with Gasteiger partial charge in [-0.15, -0.1) is 0 Å². The Balaban J connectivity index is 1.26. The molecule has 0 spiro atoms.